The number of aromatic nitrogens is 2. The fraction of sp³-hybridized carbons (Fsp3) is 0.0588. The Morgan fingerprint density at radius 1 is 0.339 bits per heavy atom. The van der Waals surface area contributed by atoms with Gasteiger partial charge < -0.3 is 38.9 Å². The van der Waals surface area contributed by atoms with Crippen LogP contribution in [-0.4, -0.2) is 39.4 Å². The lowest BCUT2D eigenvalue weighted by Crippen LogP contribution is -2.40. The molecule has 0 amide bonds. The maximum Gasteiger partial charge on any atom is 0.140 e. The third-order valence-electron chi connectivity index (χ3n) is 12.1. The largest absolute Gasteiger partial charge is 0.506 e. The molecule has 0 aliphatic carbocycles. The van der Waals surface area contributed by atoms with Crippen LogP contribution in [0.1, 0.15) is 0 Å². The molecule has 0 radical (unpaired) electrons. The van der Waals surface area contributed by atoms with E-state index in [0.717, 1.165) is 89.1 Å². The van der Waals surface area contributed by atoms with Gasteiger partial charge >= 0.3 is 0 Å². The van der Waals surface area contributed by atoms with Crippen LogP contribution >= 0.6 is 0 Å². The molecule has 2 aliphatic heterocycles. The molecule has 8 heteroatoms. The Bertz CT molecular complexity index is 3050. The maximum absolute atomic E-state index is 11.8. The standard InChI is InChI=1S/C51H38N6O2/c58-50-27-38-36-19-7-9-21-40(36)56(34-15-3-1-4-16-34)46(38)29-48(50)54-32-52(42-23-11-13-25-44(42)54)31-53-33-55(45-26-14-12-24-43(45)53)49-30-47-39(28-51(49)59)37-20-8-10-22-41(37)57(47)35-17-5-2-6-18-35/h1-30,58-59H,31-33H2. The van der Waals surface area contributed by atoms with Gasteiger partial charge in [-0.3, -0.25) is 0 Å². The number of phenols is 2. The van der Waals surface area contributed by atoms with Gasteiger partial charge in [0, 0.05) is 32.9 Å². The highest BCUT2D eigenvalue weighted by Crippen LogP contribution is 2.49. The Morgan fingerprint density at radius 2 is 0.712 bits per heavy atom. The number of benzene rings is 8. The number of hydrogen-bond acceptors (Lipinski definition) is 6. The normalized spacial score (nSPS) is 13.7. The summed E-state index contributed by atoms with van der Waals surface area (Å²) in [7, 11) is 0. The first-order valence-electron chi connectivity index (χ1n) is 20.0. The Hall–Kier alpha value is -7.84. The molecule has 8 nitrogen and oxygen atoms in total. The molecule has 0 saturated carbocycles. The van der Waals surface area contributed by atoms with Gasteiger partial charge in [0.15, 0.2) is 0 Å². The van der Waals surface area contributed by atoms with Crippen LogP contribution in [0, 0.1) is 0 Å². The predicted octanol–water partition coefficient (Wildman–Crippen LogP) is 11.8. The highest BCUT2D eigenvalue weighted by molar-refractivity contribution is 6.12. The zero-order valence-corrected chi connectivity index (χ0v) is 32.0. The first-order chi connectivity index (χ1) is 29.1. The molecule has 8 aromatic carbocycles. The number of anilines is 6. The average Bonchev–Trinajstić information content (AvgIpc) is 4.02. The molecule has 284 valence electrons. The highest BCUT2D eigenvalue weighted by Gasteiger charge is 2.34. The number of phenolic OH excluding ortho intramolecular Hbond substituents is 2. The minimum Gasteiger partial charge on any atom is -0.506 e. The SMILES string of the molecule is Oc1cc2c3ccccc3n(-c3ccccc3)c2cc1N1CN(CN2CN(c3cc4c(cc3O)c3ccccc3n4-c3ccccc3)c3ccccc32)c2ccccc21. The van der Waals surface area contributed by atoms with Crippen LogP contribution in [0.3, 0.4) is 0 Å². The van der Waals surface area contributed by atoms with Gasteiger partial charge in [0.25, 0.3) is 0 Å². The Labute approximate surface area is 340 Å². The van der Waals surface area contributed by atoms with Gasteiger partial charge in [0.1, 0.15) is 11.5 Å². The van der Waals surface area contributed by atoms with E-state index in [1.165, 1.54) is 0 Å². The summed E-state index contributed by atoms with van der Waals surface area (Å²) >= 11 is 0. The van der Waals surface area contributed by atoms with Crippen LogP contribution in [0.15, 0.2) is 182 Å². The molecular formula is C51H38N6O2. The topological polar surface area (TPSA) is 63.3 Å². The third kappa shape index (κ3) is 5.02. The number of fused-ring (bicyclic) bond motifs is 8. The molecule has 0 spiro atoms. The lowest BCUT2D eigenvalue weighted by Gasteiger charge is -2.29. The second-order valence-electron chi connectivity index (χ2n) is 15.4. The smallest absolute Gasteiger partial charge is 0.140 e. The fourth-order valence-corrected chi connectivity index (χ4v) is 9.55. The molecule has 0 fully saturated rings. The number of para-hydroxylation sites is 8. The van der Waals surface area contributed by atoms with E-state index in [1.54, 1.807) is 0 Å². The second-order valence-corrected chi connectivity index (χ2v) is 15.4. The molecule has 0 saturated heterocycles. The number of hydrogen-bond donors (Lipinski definition) is 2. The summed E-state index contributed by atoms with van der Waals surface area (Å²) in [4.78, 5) is 9.17. The van der Waals surface area contributed by atoms with E-state index < -0.39 is 0 Å². The van der Waals surface area contributed by atoms with Crippen molar-refractivity contribution in [2.75, 3.05) is 39.6 Å². The fourth-order valence-electron chi connectivity index (χ4n) is 9.55. The van der Waals surface area contributed by atoms with Gasteiger partial charge in [-0.15, -0.1) is 0 Å². The molecule has 12 rings (SSSR count). The van der Waals surface area contributed by atoms with Crippen LogP contribution in [0.4, 0.5) is 34.1 Å². The summed E-state index contributed by atoms with van der Waals surface area (Å²) in [6, 6.07) is 62.6. The first-order valence-corrected chi connectivity index (χ1v) is 20.0. The van der Waals surface area contributed by atoms with Crippen molar-refractivity contribution >= 4 is 77.7 Å². The van der Waals surface area contributed by atoms with Crippen molar-refractivity contribution in [3.8, 4) is 22.9 Å². The van der Waals surface area contributed by atoms with Crippen molar-refractivity contribution < 1.29 is 10.2 Å². The van der Waals surface area contributed by atoms with Crippen molar-refractivity contribution in [3.05, 3.63) is 182 Å². The molecule has 2 aliphatic rings. The molecule has 0 unspecified atom stereocenters. The molecule has 0 atom stereocenters. The van der Waals surface area contributed by atoms with Crippen LogP contribution in [-0.2, 0) is 0 Å². The van der Waals surface area contributed by atoms with Crippen LogP contribution in [0.2, 0.25) is 0 Å². The van der Waals surface area contributed by atoms with Gasteiger partial charge in [-0.25, -0.2) is 0 Å². The van der Waals surface area contributed by atoms with E-state index in [2.05, 4.69) is 186 Å². The zero-order valence-electron chi connectivity index (χ0n) is 32.0. The third-order valence-corrected chi connectivity index (χ3v) is 12.1. The minimum atomic E-state index is 0.238. The summed E-state index contributed by atoms with van der Waals surface area (Å²) < 4.78 is 4.57. The number of nitrogens with zero attached hydrogens (tertiary/aromatic N) is 6. The van der Waals surface area contributed by atoms with E-state index in [4.69, 9.17) is 0 Å². The van der Waals surface area contributed by atoms with Crippen LogP contribution < -0.4 is 19.6 Å². The van der Waals surface area contributed by atoms with Gasteiger partial charge in [0.05, 0.1) is 76.2 Å². The molecule has 2 aromatic heterocycles. The summed E-state index contributed by atoms with van der Waals surface area (Å²) in [5.74, 6) is 0.475. The summed E-state index contributed by atoms with van der Waals surface area (Å²) in [6.45, 7) is 1.66. The Balaban J connectivity index is 0.925. The molecule has 0 bridgehead atoms. The van der Waals surface area contributed by atoms with Crippen molar-refractivity contribution in [2.24, 2.45) is 0 Å². The average molecular weight is 767 g/mol. The number of aromatic hydroxyl groups is 2. The molecule has 59 heavy (non-hydrogen) atoms. The summed E-state index contributed by atoms with van der Waals surface area (Å²) in [5.41, 5.74) is 12.1. The van der Waals surface area contributed by atoms with Crippen molar-refractivity contribution in [3.63, 3.8) is 0 Å². The minimum absolute atomic E-state index is 0.238. The van der Waals surface area contributed by atoms with Gasteiger partial charge in [0.2, 0.25) is 0 Å². The van der Waals surface area contributed by atoms with E-state index in [9.17, 15) is 10.2 Å². The van der Waals surface area contributed by atoms with Crippen molar-refractivity contribution in [2.45, 2.75) is 0 Å². The predicted molar refractivity (Wildman–Crippen MR) is 242 cm³/mol. The monoisotopic (exact) mass is 766 g/mol. The van der Waals surface area contributed by atoms with Gasteiger partial charge in [-0.1, -0.05) is 97.1 Å². The molecule has 2 N–H and O–H groups in total. The van der Waals surface area contributed by atoms with Crippen LogP contribution in [0.5, 0.6) is 11.5 Å². The molecular weight excluding hydrogens is 729 g/mol. The van der Waals surface area contributed by atoms with Crippen molar-refractivity contribution in [1.29, 1.82) is 0 Å². The molecule has 4 heterocycles. The van der Waals surface area contributed by atoms with Gasteiger partial charge in [-0.2, -0.15) is 0 Å². The highest BCUT2D eigenvalue weighted by atomic mass is 16.3. The lowest BCUT2D eigenvalue weighted by atomic mass is 10.1. The van der Waals surface area contributed by atoms with E-state index >= 15 is 0 Å². The maximum atomic E-state index is 11.8. The molecule has 10 aromatic rings. The van der Waals surface area contributed by atoms with Gasteiger partial charge in [-0.05, 0) is 84.9 Å². The quantitative estimate of drug-likeness (QED) is 0.176. The van der Waals surface area contributed by atoms with Crippen molar-refractivity contribution in [1.82, 2.24) is 9.13 Å². The first kappa shape index (κ1) is 33.3. The summed E-state index contributed by atoms with van der Waals surface area (Å²) in [5, 5.41) is 27.9. The van der Waals surface area contributed by atoms with Crippen LogP contribution in [0.25, 0.3) is 55.0 Å². The second kappa shape index (κ2) is 12.8. The Morgan fingerprint density at radius 3 is 1.15 bits per heavy atom. The zero-order chi connectivity index (χ0) is 39.2. The van der Waals surface area contributed by atoms with E-state index in [-0.39, 0.29) is 11.5 Å². The Kier molecular flexibility index (Phi) is 7.25. The van der Waals surface area contributed by atoms with E-state index in [1.807, 2.05) is 24.3 Å². The lowest BCUT2D eigenvalue weighted by molar-refractivity contribution is 0.476. The van der Waals surface area contributed by atoms with E-state index in [0.29, 0.717) is 20.0 Å². The summed E-state index contributed by atoms with van der Waals surface area (Å²) in [6.07, 6.45) is 0. The number of rotatable bonds is 6.